The first kappa shape index (κ1) is 13.2. The van der Waals surface area contributed by atoms with Crippen molar-refractivity contribution in [3.8, 4) is 0 Å². The van der Waals surface area contributed by atoms with Gasteiger partial charge in [0.15, 0.2) is 6.29 Å². The van der Waals surface area contributed by atoms with Crippen LogP contribution in [-0.4, -0.2) is 10.9 Å². The summed E-state index contributed by atoms with van der Waals surface area (Å²) in [6, 6.07) is 13.2. The zero-order chi connectivity index (χ0) is 14.1. The molecule has 0 fully saturated rings. The third kappa shape index (κ3) is 2.21. The van der Waals surface area contributed by atoms with Crippen molar-refractivity contribution >= 4 is 40.4 Å². The topological polar surface area (TPSA) is 22.0 Å². The second kappa shape index (κ2) is 5.31. The Morgan fingerprint density at radius 2 is 1.85 bits per heavy atom. The number of nitrogens with zero attached hydrogens (tertiary/aromatic N) is 1. The first-order chi connectivity index (χ1) is 9.70. The lowest BCUT2D eigenvalue weighted by Gasteiger charge is -2.09. The predicted molar refractivity (Wildman–Crippen MR) is 82.9 cm³/mol. The molecular formula is C16H11Cl2NO. The highest BCUT2D eigenvalue weighted by Crippen LogP contribution is 2.27. The van der Waals surface area contributed by atoms with E-state index < -0.39 is 0 Å². The molecule has 0 aliphatic rings. The van der Waals surface area contributed by atoms with Crippen LogP contribution in [0.25, 0.3) is 10.9 Å². The van der Waals surface area contributed by atoms with E-state index in [1.807, 2.05) is 42.6 Å². The van der Waals surface area contributed by atoms with Crippen LogP contribution in [0.5, 0.6) is 0 Å². The van der Waals surface area contributed by atoms with Crippen LogP contribution in [0.2, 0.25) is 10.0 Å². The molecule has 0 aliphatic carbocycles. The van der Waals surface area contributed by atoms with Crippen molar-refractivity contribution in [3.63, 3.8) is 0 Å². The molecule has 0 bridgehead atoms. The number of carbonyl (C=O) groups is 1. The molecule has 0 spiro atoms. The highest BCUT2D eigenvalue weighted by atomic mass is 35.5. The monoisotopic (exact) mass is 303 g/mol. The van der Waals surface area contributed by atoms with E-state index in [1.54, 1.807) is 6.07 Å². The molecule has 0 aliphatic heterocycles. The molecule has 1 aromatic heterocycles. The lowest BCUT2D eigenvalue weighted by atomic mass is 10.1. The van der Waals surface area contributed by atoms with Gasteiger partial charge in [0.1, 0.15) is 0 Å². The number of carbonyl (C=O) groups excluding carboxylic acids is 1. The van der Waals surface area contributed by atoms with Crippen LogP contribution in [0.4, 0.5) is 0 Å². The lowest BCUT2D eigenvalue weighted by Crippen LogP contribution is -1.99. The molecule has 2 nitrogen and oxygen atoms in total. The van der Waals surface area contributed by atoms with Crippen molar-refractivity contribution in [2.75, 3.05) is 0 Å². The fraction of sp³-hybridized carbons (Fsp3) is 0.0625. The maximum absolute atomic E-state index is 11.0. The number of aldehydes is 1. The average Bonchev–Trinajstić information content (AvgIpc) is 2.87. The maximum atomic E-state index is 11.0. The third-order valence-electron chi connectivity index (χ3n) is 3.35. The molecule has 20 heavy (non-hydrogen) atoms. The molecule has 0 saturated carbocycles. The van der Waals surface area contributed by atoms with Crippen molar-refractivity contribution in [3.05, 3.63) is 69.8 Å². The van der Waals surface area contributed by atoms with E-state index in [9.17, 15) is 4.79 Å². The molecule has 100 valence electrons. The van der Waals surface area contributed by atoms with Crippen molar-refractivity contribution in [1.29, 1.82) is 0 Å². The first-order valence-electron chi connectivity index (χ1n) is 6.16. The molecule has 0 unspecified atom stereocenters. The fourth-order valence-corrected chi connectivity index (χ4v) is 2.72. The van der Waals surface area contributed by atoms with Gasteiger partial charge in [-0.3, -0.25) is 4.79 Å². The largest absolute Gasteiger partial charge is 0.343 e. The van der Waals surface area contributed by atoms with E-state index in [4.69, 9.17) is 23.2 Å². The van der Waals surface area contributed by atoms with Crippen molar-refractivity contribution < 1.29 is 4.79 Å². The Hall–Kier alpha value is -1.77. The van der Waals surface area contributed by atoms with E-state index in [-0.39, 0.29) is 0 Å². The van der Waals surface area contributed by atoms with E-state index in [0.717, 1.165) is 22.8 Å². The molecule has 0 amide bonds. The van der Waals surface area contributed by atoms with Gasteiger partial charge < -0.3 is 4.57 Å². The molecule has 4 heteroatoms. The molecule has 3 rings (SSSR count). The van der Waals surface area contributed by atoms with Gasteiger partial charge in [-0.2, -0.15) is 0 Å². The second-order valence-corrected chi connectivity index (χ2v) is 5.34. The van der Waals surface area contributed by atoms with Crippen LogP contribution in [0, 0.1) is 0 Å². The summed E-state index contributed by atoms with van der Waals surface area (Å²) in [4.78, 5) is 11.0. The van der Waals surface area contributed by atoms with Crippen molar-refractivity contribution in [2.45, 2.75) is 6.54 Å². The van der Waals surface area contributed by atoms with Gasteiger partial charge in [-0.1, -0.05) is 47.5 Å². The lowest BCUT2D eigenvalue weighted by molar-refractivity contribution is 0.112. The van der Waals surface area contributed by atoms with Gasteiger partial charge >= 0.3 is 0 Å². The summed E-state index contributed by atoms with van der Waals surface area (Å²) in [5.41, 5.74) is 2.65. The standard InChI is InChI=1S/C16H11Cl2NO/c17-14-5-1-3-11(16(14)18)9-19-8-7-13-12(10-20)4-2-6-15(13)19/h1-8,10H,9H2. The van der Waals surface area contributed by atoms with Gasteiger partial charge in [-0.05, 0) is 23.8 Å². The molecular weight excluding hydrogens is 293 g/mol. The number of hydrogen-bond acceptors (Lipinski definition) is 1. The molecule has 0 saturated heterocycles. The van der Waals surface area contributed by atoms with Crippen LogP contribution in [0.15, 0.2) is 48.7 Å². The minimum atomic E-state index is 0.550. The molecule has 1 heterocycles. The van der Waals surface area contributed by atoms with E-state index in [0.29, 0.717) is 22.2 Å². The molecule has 3 aromatic rings. The highest BCUT2D eigenvalue weighted by Gasteiger charge is 2.08. The van der Waals surface area contributed by atoms with E-state index in [2.05, 4.69) is 4.57 Å². The van der Waals surface area contributed by atoms with Gasteiger partial charge in [-0.25, -0.2) is 0 Å². The van der Waals surface area contributed by atoms with Crippen LogP contribution < -0.4 is 0 Å². The summed E-state index contributed by atoms with van der Waals surface area (Å²) in [6.07, 6.45) is 2.83. The maximum Gasteiger partial charge on any atom is 0.150 e. The Bertz CT molecular complexity index is 792. The smallest absolute Gasteiger partial charge is 0.150 e. The number of hydrogen-bond donors (Lipinski definition) is 0. The Morgan fingerprint density at radius 1 is 1.05 bits per heavy atom. The summed E-state index contributed by atoms with van der Waals surface area (Å²) in [5.74, 6) is 0. The molecule has 0 N–H and O–H groups in total. The van der Waals surface area contributed by atoms with E-state index >= 15 is 0 Å². The van der Waals surface area contributed by atoms with Crippen LogP contribution in [0.3, 0.4) is 0 Å². The number of halogens is 2. The highest BCUT2D eigenvalue weighted by molar-refractivity contribution is 6.42. The molecule has 0 radical (unpaired) electrons. The molecule has 0 atom stereocenters. The number of rotatable bonds is 3. The minimum absolute atomic E-state index is 0.550. The summed E-state index contributed by atoms with van der Waals surface area (Å²) in [6.45, 7) is 0.616. The van der Waals surface area contributed by atoms with Crippen LogP contribution >= 0.6 is 23.2 Å². The first-order valence-corrected chi connectivity index (χ1v) is 6.92. The summed E-state index contributed by atoms with van der Waals surface area (Å²) in [7, 11) is 0. The van der Waals surface area contributed by atoms with Crippen LogP contribution in [-0.2, 0) is 6.54 Å². The summed E-state index contributed by atoms with van der Waals surface area (Å²) >= 11 is 12.3. The van der Waals surface area contributed by atoms with Gasteiger partial charge in [0, 0.05) is 29.2 Å². The van der Waals surface area contributed by atoms with Crippen LogP contribution in [0.1, 0.15) is 15.9 Å². The quantitative estimate of drug-likeness (QED) is 0.636. The summed E-state index contributed by atoms with van der Waals surface area (Å²) < 4.78 is 2.06. The average molecular weight is 304 g/mol. The van der Waals surface area contributed by atoms with Crippen molar-refractivity contribution in [1.82, 2.24) is 4.57 Å². The third-order valence-corrected chi connectivity index (χ3v) is 4.20. The SMILES string of the molecule is O=Cc1cccc2c1ccn2Cc1cccc(Cl)c1Cl. The van der Waals surface area contributed by atoms with Gasteiger partial charge in [0.05, 0.1) is 10.0 Å². The van der Waals surface area contributed by atoms with E-state index in [1.165, 1.54) is 0 Å². The molecule has 2 aromatic carbocycles. The van der Waals surface area contributed by atoms with Gasteiger partial charge in [0.25, 0.3) is 0 Å². The zero-order valence-corrected chi connectivity index (χ0v) is 12.0. The fourth-order valence-electron chi connectivity index (χ4n) is 2.34. The zero-order valence-electron chi connectivity index (χ0n) is 10.5. The number of benzene rings is 2. The van der Waals surface area contributed by atoms with Crippen molar-refractivity contribution in [2.24, 2.45) is 0 Å². The number of fused-ring (bicyclic) bond motifs is 1. The Kier molecular flexibility index (Phi) is 3.51. The Labute approximate surface area is 126 Å². The Balaban J connectivity index is 2.08. The number of aromatic nitrogens is 1. The minimum Gasteiger partial charge on any atom is -0.343 e. The normalized spacial score (nSPS) is 10.9. The van der Waals surface area contributed by atoms with Gasteiger partial charge in [-0.15, -0.1) is 0 Å². The predicted octanol–water partition coefficient (Wildman–Crippen LogP) is 4.81. The Morgan fingerprint density at radius 3 is 2.65 bits per heavy atom. The second-order valence-electron chi connectivity index (χ2n) is 4.55. The summed E-state index contributed by atoms with van der Waals surface area (Å²) in [5, 5.41) is 2.07. The van der Waals surface area contributed by atoms with Gasteiger partial charge in [0.2, 0.25) is 0 Å².